The van der Waals surface area contributed by atoms with E-state index in [0.717, 1.165) is 11.3 Å². The van der Waals surface area contributed by atoms with E-state index in [0.29, 0.717) is 24.5 Å². The zero-order chi connectivity index (χ0) is 15.2. The van der Waals surface area contributed by atoms with Crippen molar-refractivity contribution in [3.8, 4) is 5.75 Å². The SMILES string of the molecule is COc1ccc(CNC(=O)N(C)Cc2nonc2C)cc1. The Morgan fingerprint density at radius 2 is 2.05 bits per heavy atom. The van der Waals surface area contributed by atoms with E-state index in [1.807, 2.05) is 24.3 Å². The zero-order valence-corrected chi connectivity index (χ0v) is 12.3. The summed E-state index contributed by atoms with van der Waals surface area (Å²) in [7, 11) is 3.31. The maximum Gasteiger partial charge on any atom is 0.317 e. The Morgan fingerprint density at radius 1 is 1.33 bits per heavy atom. The standard InChI is InChI=1S/C14H18N4O3/c1-10-13(17-21-16-10)9-18(2)14(19)15-8-11-4-6-12(20-3)7-5-11/h4-7H,8-9H2,1-3H3,(H,15,19). The summed E-state index contributed by atoms with van der Waals surface area (Å²) >= 11 is 0. The summed E-state index contributed by atoms with van der Waals surface area (Å²) in [6, 6.07) is 7.34. The lowest BCUT2D eigenvalue weighted by Crippen LogP contribution is -2.36. The fourth-order valence-electron chi connectivity index (χ4n) is 1.75. The van der Waals surface area contributed by atoms with Crippen LogP contribution in [0.3, 0.4) is 0 Å². The number of aryl methyl sites for hydroxylation is 1. The van der Waals surface area contributed by atoms with E-state index in [1.165, 1.54) is 4.90 Å². The molecule has 0 saturated carbocycles. The van der Waals surface area contributed by atoms with Crippen molar-refractivity contribution in [2.24, 2.45) is 0 Å². The highest BCUT2D eigenvalue weighted by Crippen LogP contribution is 2.11. The van der Waals surface area contributed by atoms with Crippen LogP contribution in [0.4, 0.5) is 4.79 Å². The van der Waals surface area contributed by atoms with Crippen molar-refractivity contribution < 1.29 is 14.2 Å². The second kappa shape index (κ2) is 6.74. The highest BCUT2D eigenvalue weighted by molar-refractivity contribution is 5.73. The molecule has 0 aliphatic carbocycles. The van der Waals surface area contributed by atoms with Gasteiger partial charge in [-0.25, -0.2) is 9.42 Å². The van der Waals surface area contributed by atoms with E-state index in [4.69, 9.17) is 4.74 Å². The highest BCUT2D eigenvalue weighted by atomic mass is 16.6. The normalized spacial score (nSPS) is 10.2. The Balaban J connectivity index is 1.84. The number of methoxy groups -OCH3 is 1. The van der Waals surface area contributed by atoms with Crippen LogP contribution in [0.15, 0.2) is 28.9 Å². The monoisotopic (exact) mass is 290 g/mol. The molecule has 0 unspecified atom stereocenters. The van der Waals surface area contributed by atoms with Gasteiger partial charge in [0.15, 0.2) is 0 Å². The van der Waals surface area contributed by atoms with Crippen LogP contribution in [0, 0.1) is 6.92 Å². The van der Waals surface area contributed by atoms with E-state index < -0.39 is 0 Å². The molecule has 7 nitrogen and oxygen atoms in total. The summed E-state index contributed by atoms with van der Waals surface area (Å²) in [4.78, 5) is 13.5. The molecular formula is C14H18N4O3. The molecule has 1 N–H and O–H groups in total. The van der Waals surface area contributed by atoms with E-state index in [2.05, 4.69) is 20.3 Å². The van der Waals surface area contributed by atoms with Gasteiger partial charge in [-0.05, 0) is 24.6 Å². The van der Waals surface area contributed by atoms with E-state index in [9.17, 15) is 4.79 Å². The number of nitrogens with zero attached hydrogens (tertiary/aromatic N) is 3. The molecule has 1 aromatic carbocycles. The van der Waals surface area contributed by atoms with Gasteiger partial charge < -0.3 is 15.0 Å². The van der Waals surface area contributed by atoms with Crippen LogP contribution in [-0.4, -0.2) is 35.4 Å². The predicted octanol–water partition coefficient (Wildman–Crippen LogP) is 1.73. The van der Waals surface area contributed by atoms with Crippen LogP contribution >= 0.6 is 0 Å². The number of urea groups is 1. The van der Waals surface area contributed by atoms with Gasteiger partial charge in [0, 0.05) is 13.6 Å². The summed E-state index contributed by atoms with van der Waals surface area (Å²) in [5, 5.41) is 10.3. The lowest BCUT2D eigenvalue weighted by molar-refractivity contribution is 0.204. The van der Waals surface area contributed by atoms with Crippen molar-refractivity contribution in [3.05, 3.63) is 41.2 Å². The summed E-state index contributed by atoms with van der Waals surface area (Å²) in [5.41, 5.74) is 2.33. The number of ether oxygens (including phenoxy) is 1. The molecule has 0 fully saturated rings. The minimum Gasteiger partial charge on any atom is -0.497 e. The third kappa shape index (κ3) is 3.95. The maximum absolute atomic E-state index is 12.0. The maximum atomic E-state index is 12.0. The lowest BCUT2D eigenvalue weighted by atomic mass is 10.2. The quantitative estimate of drug-likeness (QED) is 0.907. The van der Waals surface area contributed by atoms with Crippen LogP contribution in [0.5, 0.6) is 5.75 Å². The Bertz CT molecular complexity index is 595. The van der Waals surface area contributed by atoms with Gasteiger partial charge in [-0.15, -0.1) is 0 Å². The van der Waals surface area contributed by atoms with Crippen molar-refractivity contribution in [3.63, 3.8) is 0 Å². The lowest BCUT2D eigenvalue weighted by Gasteiger charge is -2.16. The van der Waals surface area contributed by atoms with Crippen LogP contribution in [0.1, 0.15) is 17.0 Å². The number of hydrogen-bond donors (Lipinski definition) is 1. The molecule has 1 heterocycles. The second-order valence-electron chi connectivity index (χ2n) is 4.66. The minimum absolute atomic E-state index is 0.187. The molecule has 1 aromatic heterocycles. The van der Waals surface area contributed by atoms with Crippen LogP contribution in [0.2, 0.25) is 0 Å². The Morgan fingerprint density at radius 3 is 2.62 bits per heavy atom. The number of hydrogen-bond acceptors (Lipinski definition) is 5. The van der Waals surface area contributed by atoms with Gasteiger partial charge in [0.05, 0.1) is 13.7 Å². The fraction of sp³-hybridized carbons (Fsp3) is 0.357. The molecule has 0 radical (unpaired) electrons. The molecule has 21 heavy (non-hydrogen) atoms. The van der Waals surface area contributed by atoms with Gasteiger partial charge >= 0.3 is 6.03 Å². The van der Waals surface area contributed by atoms with E-state index in [-0.39, 0.29) is 6.03 Å². The molecule has 2 rings (SSSR count). The summed E-state index contributed by atoms with van der Waals surface area (Å²) in [5.74, 6) is 0.788. The fourth-order valence-corrected chi connectivity index (χ4v) is 1.75. The van der Waals surface area contributed by atoms with Crippen LogP contribution in [-0.2, 0) is 13.1 Å². The first-order chi connectivity index (χ1) is 10.1. The first-order valence-electron chi connectivity index (χ1n) is 6.50. The topological polar surface area (TPSA) is 80.5 Å². The first-order valence-corrected chi connectivity index (χ1v) is 6.50. The van der Waals surface area contributed by atoms with Gasteiger partial charge in [-0.3, -0.25) is 0 Å². The molecule has 0 bridgehead atoms. The number of carbonyl (C=O) groups is 1. The second-order valence-corrected chi connectivity index (χ2v) is 4.66. The predicted molar refractivity (Wildman–Crippen MR) is 75.7 cm³/mol. The number of rotatable bonds is 5. The molecule has 0 saturated heterocycles. The van der Waals surface area contributed by atoms with Crippen molar-refractivity contribution in [2.45, 2.75) is 20.0 Å². The van der Waals surface area contributed by atoms with Crippen molar-refractivity contribution in [2.75, 3.05) is 14.2 Å². The average Bonchev–Trinajstić information content (AvgIpc) is 2.90. The Hall–Kier alpha value is -2.57. The van der Waals surface area contributed by atoms with Crippen LogP contribution < -0.4 is 10.1 Å². The molecular weight excluding hydrogens is 272 g/mol. The minimum atomic E-state index is -0.187. The van der Waals surface area contributed by atoms with Gasteiger partial charge in [0.1, 0.15) is 17.1 Å². The van der Waals surface area contributed by atoms with Crippen molar-refractivity contribution in [1.29, 1.82) is 0 Å². The molecule has 0 aliphatic rings. The molecule has 0 aliphatic heterocycles. The molecule has 2 amide bonds. The van der Waals surface area contributed by atoms with Gasteiger partial charge in [0.25, 0.3) is 0 Å². The third-order valence-corrected chi connectivity index (χ3v) is 3.08. The Kier molecular flexibility index (Phi) is 4.76. The number of amides is 2. The van der Waals surface area contributed by atoms with Gasteiger partial charge in [-0.2, -0.15) is 0 Å². The summed E-state index contributed by atoms with van der Waals surface area (Å²) < 4.78 is 9.69. The summed E-state index contributed by atoms with van der Waals surface area (Å²) in [6.07, 6.45) is 0. The molecule has 7 heteroatoms. The van der Waals surface area contributed by atoms with Gasteiger partial charge in [0.2, 0.25) is 0 Å². The molecule has 112 valence electrons. The summed E-state index contributed by atoms with van der Waals surface area (Å²) in [6.45, 7) is 2.59. The highest BCUT2D eigenvalue weighted by Gasteiger charge is 2.13. The molecule has 2 aromatic rings. The number of benzene rings is 1. The van der Waals surface area contributed by atoms with E-state index >= 15 is 0 Å². The first kappa shape index (κ1) is 14.8. The number of nitrogens with one attached hydrogen (secondary N) is 1. The zero-order valence-electron chi connectivity index (χ0n) is 12.3. The van der Waals surface area contributed by atoms with E-state index in [1.54, 1.807) is 21.1 Å². The molecule has 0 atom stereocenters. The largest absolute Gasteiger partial charge is 0.497 e. The molecule has 0 spiro atoms. The van der Waals surface area contributed by atoms with Gasteiger partial charge in [-0.1, -0.05) is 22.4 Å². The van der Waals surface area contributed by atoms with Crippen molar-refractivity contribution >= 4 is 6.03 Å². The average molecular weight is 290 g/mol. The Labute approximate surface area is 122 Å². The third-order valence-electron chi connectivity index (χ3n) is 3.08. The number of aromatic nitrogens is 2. The smallest absolute Gasteiger partial charge is 0.317 e. The van der Waals surface area contributed by atoms with Crippen molar-refractivity contribution in [1.82, 2.24) is 20.5 Å². The number of carbonyl (C=O) groups excluding carboxylic acids is 1. The van der Waals surface area contributed by atoms with Crippen LogP contribution in [0.25, 0.3) is 0 Å².